The Balaban J connectivity index is 0.00000169. The molecule has 4 rings (SSSR count). The van der Waals surface area contributed by atoms with Gasteiger partial charge in [0, 0.05) is 23.5 Å². The summed E-state index contributed by atoms with van der Waals surface area (Å²) in [6, 6.07) is 22.1. The van der Waals surface area contributed by atoms with Gasteiger partial charge in [-0.3, -0.25) is 9.88 Å². The minimum atomic E-state index is 0. The van der Waals surface area contributed by atoms with Crippen LogP contribution in [0, 0.1) is 0 Å². The molecule has 2 heterocycles. The van der Waals surface area contributed by atoms with Crippen molar-refractivity contribution in [2.75, 3.05) is 13.6 Å². The highest BCUT2D eigenvalue weighted by Crippen LogP contribution is 2.43. The highest BCUT2D eigenvalue weighted by molar-refractivity contribution is 5.85. The van der Waals surface area contributed by atoms with Gasteiger partial charge in [-0.25, -0.2) is 0 Å². The fourth-order valence-electron chi connectivity index (χ4n) is 4.05. The smallest absolute Gasteiger partial charge is 0.0737 e. The van der Waals surface area contributed by atoms with E-state index in [-0.39, 0.29) is 12.4 Å². The van der Waals surface area contributed by atoms with E-state index in [4.69, 9.17) is 4.98 Å². The number of likely N-dealkylation sites (N-methyl/N-ethyl adjacent to an activating group) is 1. The molecule has 0 bridgehead atoms. The molecule has 124 valence electrons. The van der Waals surface area contributed by atoms with Crippen LogP contribution in [0.15, 0.2) is 66.9 Å². The summed E-state index contributed by atoms with van der Waals surface area (Å²) in [4.78, 5) is 7.20. The van der Waals surface area contributed by atoms with Gasteiger partial charge in [0.05, 0.1) is 5.52 Å². The Kier molecular flexibility index (Phi) is 5.17. The van der Waals surface area contributed by atoms with E-state index in [2.05, 4.69) is 66.5 Å². The van der Waals surface area contributed by atoms with Gasteiger partial charge in [0.15, 0.2) is 0 Å². The van der Waals surface area contributed by atoms with E-state index < -0.39 is 0 Å². The number of likely N-dealkylation sites (tertiary alicyclic amines) is 1. The van der Waals surface area contributed by atoms with Gasteiger partial charge in [-0.1, -0.05) is 54.6 Å². The molecule has 0 saturated carbocycles. The molecule has 2 nitrogen and oxygen atoms in total. The second kappa shape index (κ2) is 7.33. The maximum atomic E-state index is 4.69. The van der Waals surface area contributed by atoms with E-state index in [0.717, 1.165) is 12.1 Å². The monoisotopic (exact) mass is 338 g/mol. The van der Waals surface area contributed by atoms with Crippen LogP contribution in [0.5, 0.6) is 0 Å². The molecule has 0 radical (unpaired) electrons. The average molecular weight is 339 g/mol. The van der Waals surface area contributed by atoms with Crippen LogP contribution >= 0.6 is 12.4 Å². The number of fused-ring (bicyclic) bond motifs is 1. The number of piperidine rings is 1. The summed E-state index contributed by atoms with van der Waals surface area (Å²) in [7, 11) is 2.25. The zero-order valence-electron chi connectivity index (χ0n) is 13.9. The zero-order chi connectivity index (χ0) is 15.6. The van der Waals surface area contributed by atoms with E-state index >= 15 is 0 Å². The Hall–Kier alpha value is -1.90. The van der Waals surface area contributed by atoms with Gasteiger partial charge < -0.3 is 0 Å². The molecule has 1 aliphatic rings. The van der Waals surface area contributed by atoms with Crippen LogP contribution in [-0.2, 0) is 0 Å². The van der Waals surface area contributed by atoms with Crippen molar-refractivity contribution in [2.45, 2.75) is 24.8 Å². The molecule has 0 spiro atoms. The fraction of sp³-hybridized carbons (Fsp3) is 0.286. The van der Waals surface area contributed by atoms with Gasteiger partial charge in [-0.05, 0) is 43.6 Å². The summed E-state index contributed by atoms with van der Waals surface area (Å²) in [6.07, 6.45) is 4.38. The van der Waals surface area contributed by atoms with Crippen molar-refractivity contribution in [2.24, 2.45) is 0 Å². The predicted molar refractivity (Wildman–Crippen MR) is 103 cm³/mol. The molecule has 2 atom stereocenters. The molecule has 1 aromatic heterocycles. The number of halogens is 1. The lowest BCUT2D eigenvalue weighted by Crippen LogP contribution is -2.35. The minimum absolute atomic E-state index is 0. The van der Waals surface area contributed by atoms with E-state index in [9.17, 15) is 0 Å². The van der Waals surface area contributed by atoms with E-state index in [0.29, 0.717) is 12.0 Å². The predicted octanol–water partition coefficient (Wildman–Crippen LogP) is 5.21. The fourth-order valence-corrected chi connectivity index (χ4v) is 4.05. The van der Waals surface area contributed by atoms with Crippen molar-refractivity contribution >= 4 is 23.3 Å². The molecular formula is C21H23ClN2. The Morgan fingerprint density at radius 1 is 0.958 bits per heavy atom. The summed E-state index contributed by atoms with van der Waals surface area (Å²) in [5.74, 6) is 0.495. The van der Waals surface area contributed by atoms with E-state index in [1.54, 1.807) is 0 Å². The molecule has 3 heteroatoms. The van der Waals surface area contributed by atoms with Gasteiger partial charge in [0.2, 0.25) is 0 Å². The van der Waals surface area contributed by atoms with Crippen LogP contribution in [0.4, 0.5) is 0 Å². The zero-order valence-corrected chi connectivity index (χ0v) is 14.7. The second-order valence-corrected chi connectivity index (χ2v) is 6.51. The quantitative estimate of drug-likeness (QED) is 0.638. The van der Waals surface area contributed by atoms with Crippen LogP contribution < -0.4 is 0 Å². The third-order valence-corrected chi connectivity index (χ3v) is 5.09. The summed E-state index contributed by atoms with van der Waals surface area (Å²) < 4.78 is 0. The SMILES string of the molecule is CN1CCC[C@@H](c2cccc3cccnc23)[C@H]1c1ccccc1.Cl. The number of nitrogens with zero attached hydrogens (tertiary/aromatic N) is 2. The first-order valence-electron chi connectivity index (χ1n) is 8.43. The number of aromatic nitrogens is 1. The Labute approximate surface area is 149 Å². The van der Waals surface area contributed by atoms with Crippen molar-refractivity contribution in [3.8, 4) is 0 Å². The topological polar surface area (TPSA) is 16.1 Å². The molecule has 0 amide bonds. The lowest BCUT2D eigenvalue weighted by molar-refractivity contribution is 0.161. The number of benzene rings is 2. The van der Waals surface area contributed by atoms with Crippen molar-refractivity contribution in [3.05, 3.63) is 78.0 Å². The molecular weight excluding hydrogens is 316 g/mol. The molecule has 3 aromatic rings. The third kappa shape index (κ3) is 3.04. The van der Waals surface area contributed by atoms with Crippen molar-refractivity contribution in [1.29, 1.82) is 0 Å². The van der Waals surface area contributed by atoms with Crippen LogP contribution in [-0.4, -0.2) is 23.5 Å². The van der Waals surface area contributed by atoms with Crippen LogP contribution in [0.2, 0.25) is 0 Å². The minimum Gasteiger partial charge on any atom is -0.299 e. The molecule has 0 N–H and O–H groups in total. The molecule has 1 aliphatic heterocycles. The van der Waals surface area contributed by atoms with Crippen molar-refractivity contribution in [3.63, 3.8) is 0 Å². The number of pyridine rings is 1. The first kappa shape index (κ1) is 16.9. The lowest BCUT2D eigenvalue weighted by atomic mass is 9.79. The summed E-state index contributed by atoms with van der Waals surface area (Å²) in [6.45, 7) is 1.16. The number of hydrogen-bond donors (Lipinski definition) is 0. The summed E-state index contributed by atoms with van der Waals surface area (Å²) in [5.41, 5.74) is 3.97. The standard InChI is InChI=1S/C21H22N2.ClH/c1-23-15-7-13-19(21(23)17-8-3-2-4-9-17)18-12-5-10-16-11-6-14-22-20(16)18;/h2-6,8-12,14,19,21H,7,13,15H2,1H3;1H/t19-,21+;/m0./s1. The van der Waals surface area contributed by atoms with Crippen LogP contribution in [0.3, 0.4) is 0 Å². The van der Waals surface area contributed by atoms with Gasteiger partial charge in [0.25, 0.3) is 0 Å². The number of hydrogen-bond acceptors (Lipinski definition) is 2. The highest BCUT2D eigenvalue weighted by atomic mass is 35.5. The molecule has 1 saturated heterocycles. The highest BCUT2D eigenvalue weighted by Gasteiger charge is 2.32. The second-order valence-electron chi connectivity index (χ2n) is 6.51. The first-order chi connectivity index (χ1) is 11.3. The van der Waals surface area contributed by atoms with Gasteiger partial charge >= 0.3 is 0 Å². The van der Waals surface area contributed by atoms with Crippen molar-refractivity contribution in [1.82, 2.24) is 9.88 Å². The van der Waals surface area contributed by atoms with Crippen LogP contribution in [0.1, 0.15) is 35.9 Å². The van der Waals surface area contributed by atoms with Crippen LogP contribution in [0.25, 0.3) is 10.9 Å². The Morgan fingerprint density at radius 2 is 1.75 bits per heavy atom. The molecule has 24 heavy (non-hydrogen) atoms. The molecule has 0 aliphatic carbocycles. The third-order valence-electron chi connectivity index (χ3n) is 5.09. The normalized spacial score (nSPS) is 21.4. The largest absolute Gasteiger partial charge is 0.299 e. The maximum absolute atomic E-state index is 4.69. The maximum Gasteiger partial charge on any atom is 0.0737 e. The molecule has 1 fully saturated rings. The Morgan fingerprint density at radius 3 is 2.58 bits per heavy atom. The number of para-hydroxylation sites is 1. The number of rotatable bonds is 2. The van der Waals surface area contributed by atoms with Gasteiger partial charge in [-0.15, -0.1) is 12.4 Å². The summed E-state index contributed by atoms with van der Waals surface area (Å²) in [5, 5.41) is 1.24. The first-order valence-corrected chi connectivity index (χ1v) is 8.43. The van der Waals surface area contributed by atoms with Gasteiger partial charge in [-0.2, -0.15) is 0 Å². The summed E-state index contributed by atoms with van der Waals surface area (Å²) >= 11 is 0. The van der Waals surface area contributed by atoms with E-state index in [1.165, 1.54) is 29.4 Å². The lowest BCUT2D eigenvalue weighted by Gasteiger charge is -2.40. The average Bonchev–Trinajstić information content (AvgIpc) is 2.62. The molecule has 2 aromatic carbocycles. The Bertz CT molecular complexity index is 798. The van der Waals surface area contributed by atoms with E-state index in [1.807, 2.05) is 12.3 Å². The molecule has 0 unspecified atom stereocenters. The van der Waals surface area contributed by atoms with Crippen molar-refractivity contribution < 1.29 is 0 Å². The van der Waals surface area contributed by atoms with Gasteiger partial charge in [0.1, 0.15) is 0 Å².